The van der Waals surface area contributed by atoms with Crippen LogP contribution >= 0.6 is 0 Å². The number of aromatic nitrogens is 1. The fourth-order valence-corrected chi connectivity index (χ4v) is 1.61. The largest absolute Gasteiger partial charge is 0.463 e. The third-order valence-corrected chi connectivity index (χ3v) is 2.26. The van der Waals surface area contributed by atoms with Gasteiger partial charge in [0, 0.05) is 12.1 Å². The summed E-state index contributed by atoms with van der Waals surface area (Å²) in [5, 5.41) is 0. The average molecular weight is 217 g/mol. The van der Waals surface area contributed by atoms with E-state index in [0.29, 0.717) is 24.4 Å². The van der Waals surface area contributed by atoms with Crippen LogP contribution in [0, 0.1) is 12.3 Å². The lowest BCUT2D eigenvalue weighted by Gasteiger charge is -2.05. The number of hydrogen-bond donors (Lipinski definition) is 0. The topological polar surface area (TPSA) is 44.4 Å². The summed E-state index contributed by atoms with van der Waals surface area (Å²) in [4.78, 5) is 11.7. The van der Waals surface area contributed by atoms with E-state index in [9.17, 15) is 4.79 Å². The number of carbonyl (C=O) groups is 1. The summed E-state index contributed by atoms with van der Waals surface area (Å²) in [6, 6.07) is 3.42. The van der Waals surface area contributed by atoms with Crippen LogP contribution in [-0.4, -0.2) is 17.1 Å². The van der Waals surface area contributed by atoms with Gasteiger partial charge in [-0.25, -0.2) is 4.79 Å². The number of fused-ring (bicyclic) bond motifs is 1. The maximum absolute atomic E-state index is 11.7. The zero-order chi connectivity index (χ0) is 11.5. The summed E-state index contributed by atoms with van der Waals surface area (Å²) in [5.74, 6) is 2.12. The zero-order valence-electron chi connectivity index (χ0n) is 8.90. The lowest BCUT2D eigenvalue weighted by molar-refractivity contribution is 0.0515. The van der Waals surface area contributed by atoms with Gasteiger partial charge in [0.15, 0.2) is 5.58 Å². The Labute approximate surface area is 92.8 Å². The van der Waals surface area contributed by atoms with Gasteiger partial charge in [0.05, 0.1) is 24.9 Å². The van der Waals surface area contributed by atoms with Crippen LogP contribution in [0.2, 0.25) is 0 Å². The zero-order valence-corrected chi connectivity index (χ0v) is 8.90. The van der Waals surface area contributed by atoms with Crippen LogP contribution in [0.4, 0.5) is 0 Å². The minimum Gasteiger partial charge on any atom is -0.463 e. The molecule has 0 saturated heterocycles. The Bertz CT molecular complexity index is 556. The van der Waals surface area contributed by atoms with E-state index < -0.39 is 0 Å². The Kier molecular flexibility index (Phi) is 2.69. The minimum atomic E-state index is -0.385. The third-order valence-electron chi connectivity index (χ3n) is 2.26. The van der Waals surface area contributed by atoms with Gasteiger partial charge in [-0.1, -0.05) is 5.92 Å². The second-order valence-corrected chi connectivity index (χ2v) is 3.21. The highest BCUT2D eigenvalue weighted by atomic mass is 16.5. The molecule has 0 unspecified atom stereocenters. The molecule has 0 spiro atoms. The van der Waals surface area contributed by atoms with Crippen LogP contribution in [0.1, 0.15) is 17.4 Å². The Morgan fingerprint density at radius 2 is 2.50 bits per heavy atom. The van der Waals surface area contributed by atoms with Crippen molar-refractivity contribution in [3.05, 3.63) is 24.1 Å². The maximum atomic E-state index is 11.7. The van der Waals surface area contributed by atoms with Crippen molar-refractivity contribution in [2.45, 2.75) is 13.5 Å². The van der Waals surface area contributed by atoms with Gasteiger partial charge in [0.2, 0.25) is 0 Å². The van der Waals surface area contributed by atoms with Crippen LogP contribution in [0.15, 0.2) is 22.8 Å². The fraction of sp³-hybridized carbons (Fsp3) is 0.250. The van der Waals surface area contributed by atoms with E-state index in [1.165, 1.54) is 0 Å². The molecule has 0 bridgehead atoms. The first kappa shape index (κ1) is 10.4. The first-order valence-electron chi connectivity index (χ1n) is 4.95. The number of rotatable bonds is 3. The van der Waals surface area contributed by atoms with E-state index in [2.05, 4.69) is 5.92 Å². The van der Waals surface area contributed by atoms with Gasteiger partial charge in [-0.3, -0.25) is 0 Å². The number of esters is 1. The van der Waals surface area contributed by atoms with Crippen molar-refractivity contribution < 1.29 is 13.9 Å². The molecule has 2 rings (SSSR count). The van der Waals surface area contributed by atoms with Crippen molar-refractivity contribution in [1.82, 2.24) is 4.57 Å². The van der Waals surface area contributed by atoms with Crippen LogP contribution in [0.5, 0.6) is 0 Å². The Morgan fingerprint density at radius 3 is 3.19 bits per heavy atom. The summed E-state index contributed by atoms with van der Waals surface area (Å²) >= 11 is 0. The van der Waals surface area contributed by atoms with Gasteiger partial charge >= 0.3 is 5.97 Å². The molecule has 2 aromatic heterocycles. The normalized spacial score (nSPS) is 10.2. The smallest absolute Gasteiger partial charge is 0.355 e. The first-order chi connectivity index (χ1) is 7.77. The predicted molar refractivity (Wildman–Crippen MR) is 59.0 cm³/mol. The molecule has 4 heteroatoms. The molecule has 0 aliphatic rings. The molecular formula is C12H11NO3. The van der Waals surface area contributed by atoms with Gasteiger partial charge in [0.25, 0.3) is 0 Å². The summed E-state index contributed by atoms with van der Waals surface area (Å²) in [7, 11) is 0. The molecule has 16 heavy (non-hydrogen) atoms. The number of terminal acetylenes is 1. The summed E-state index contributed by atoms with van der Waals surface area (Å²) < 4.78 is 11.9. The molecule has 0 atom stereocenters. The Hall–Kier alpha value is -2.15. The molecule has 0 amide bonds. The second kappa shape index (κ2) is 4.15. The van der Waals surface area contributed by atoms with Gasteiger partial charge in [-0.2, -0.15) is 0 Å². The number of nitrogens with zero attached hydrogens (tertiary/aromatic N) is 1. The second-order valence-electron chi connectivity index (χ2n) is 3.21. The quantitative estimate of drug-likeness (QED) is 0.583. The van der Waals surface area contributed by atoms with Crippen LogP contribution < -0.4 is 0 Å². The SMILES string of the molecule is C#CCn1c(C(=O)OCC)cc2occc21. The molecule has 2 heterocycles. The Morgan fingerprint density at radius 1 is 1.69 bits per heavy atom. The number of ether oxygens (including phenoxy) is 1. The molecule has 0 saturated carbocycles. The predicted octanol–water partition coefficient (Wildman–Crippen LogP) is 2.04. The molecule has 0 aliphatic heterocycles. The van der Waals surface area contributed by atoms with Crippen LogP contribution in [0.3, 0.4) is 0 Å². The van der Waals surface area contributed by atoms with Crippen LogP contribution in [0.25, 0.3) is 11.1 Å². The highest BCUT2D eigenvalue weighted by Gasteiger charge is 2.17. The molecule has 0 N–H and O–H groups in total. The summed E-state index contributed by atoms with van der Waals surface area (Å²) in [5.41, 5.74) is 1.87. The molecular weight excluding hydrogens is 206 g/mol. The summed E-state index contributed by atoms with van der Waals surface area (Å²) in [6.07, 6.45) is 6.83. The lowest BCUT2D eigenvalue weighted by Crippen LogP contribution is -2.11. The minimum absolute atomic E-state index is 0.317. The standard InChI is InChI=1S/C12H11NO3/c1-3-6-13-9-5-7-16-11(9)8-10(13)12(14)15-4-2/h1,5,7-8H,4,6H2,2H3. The van der Waals surface area contributed by atoms with Gasteiger partial charge in [0.1, 0.15) is 5.69 Å². The van der Waals surface area contributed by atoms with Gasteiger partial charge < -0.3 is 13.7 Å². The third kappa shape index (κ3) is 1.57. The molecule has 0 fully saturated rings. The van der Waals surface area contributed by atoms with E-state index in [4.69, 9.17) is 15.6 Å². The lowest BCUT2D eigenvalue weighted by atomic mass is 10.4. The number of furan rings is 1. The van der Waals surface area contributed by atoms with Crippen LogP contribution in [-0.2, 0) is 11.3 Å². The van der Waals surface area contributed by atoms with Gasteiger partial charge in [-0.15, -0.1) is 6.42 Å². The first-order valence-corrected chi connectivity index (χ1v) is 4.95. The monoisotopic (exact) mass is 217 g/mol. The van der Waals surface area contributed by atoms with Crippen molar-refractivity contribution in [2.24, 2.45) is 0 Å². The van der Waals surface area contributed by atoms with E-state index in [0.717, 1.165) is 5.52 Å². The van der Waals surface area contributed by atoms with E-state index in [-0.39, 0.29) is 5.97 Å². The highest BCUT2D eigenvalue weighted by Crippen LogP contribution is 2.21. The van der Waals surface area contributed by atoms with Crippen molar-refractivity contribution in [1.29, 1.82) is 0 Å². The summed E-state index contributed by atoms with van der Waals surface area (Å²) in [6.45, 7) is 2.41. The Balaban J connectivity index is 2.51. The van der Waals surface area contributed by atoms with E-state index in [1.807, 2.05) is 0 Å². The van der Waals surface area contributed by atoms with E-state index >= 15 is 0 Å². The van der Waals surface area contributed by atoms with Gasteiger partial charge in [-0.05, 0) is 6.92 Å². The molecule has 82 valence electrons. The van der Waals surface area contributed by atoms with Crippen molar-refractivity contribution in [3.63, 3.8) is 0 Å². The van der Waals surface area contributed by atoms with Crippen molar-refractivity contribution >= 4 is 17.1 Å². The molecule has 2 aromatic rings. The van der Waals surface area contributed by atoms with Crippen molar-refractivity contribution in [2.75, 3.05) is 6.61 Å². The molecule has 0 aromatic carbocycles. The maximum Gasteiger partial charge on any atom is 0.355 e. The molecule has 4 nitrogen and oxygen atoms in total. The number of hydrogen-bond acceptors (Lipinski definition) is 3. The molecule has 0 radical (unpaired) electrons. The molecule has 0 aliphatic carbocycles. The average Bonchev–Trinajstić information content (AvgIpc) is 2.81. The fourth-order valence-electron chi connectivity index (χ4n) is 1.61. The van der Waals surface area contributed by atoms with E-state index in [1.54, 1.807) is 29.9 Å². The highest BCUT2D eigenvalue weighted by molar-refractivity contribution is 5.94. The number of carbonyl (C=O) groups excluding carboxylic acids is 1. The van der Waals surface area contributed by atoms with Crippen molar-refractivity contribution in [3.8, 4) is 12.3 Å².